The van der Waals surface area contributed by atoms with Gasteiger partial charge in [-0.05, 0) is 42.0 Å². The van der Waals surface area contributed by atoms with Gasteiger partial charge in [0.1, 0.15) is 0 Å². The summed E-state index contributed by atoms with van der Waals surface area (Å²) < 4.78 is 67.5. The van der Waals surface area contributed by atoms with Crippen molar-refractivity contribution < 1.29 is 21.6 Å². The Labute approximate surface area is 189 Å². The van der Waals surface area contributed by atoms with E-state index in [1.807, 2.05) is 0 Å². The Bertz CT molecular complexity index is 1380. The second-order valence-corrected chi connectivity index (χ2v) is 9.46. The Hall–Kier alpha value is -3.59. The van der Waals surface area contributed by atoms with Crippen molar-refractivity contribution in [1.29, 1.82) is 0 Å². The topological polar surface area (TPSA) is 64.0 Å². The Morgan fingerprint density at radius 2 is 1.42 bits per heavy atom. The fourth-order valence-electron chi connectivity index (χ4n) is 3.58. The number of anilines is 1. The molecule has 170 valence electrons. The summed E-state index contributed by atoms with van der Waals surface area (Å²) in [5.41, 5.74) is 1.05. The average molecular weight is 472 g/mol. The first-order chi connectivity index (χ1) is 15.6. The molecule has 1 aromatic heterocycles. The first-order valence-corrected chi connectivity index (χ1v) is 11.8. The van der Waals surface area contributed by atoms with Gasteiger partial charge in [-0.3, -0.25) is 0 Å². The van der Waals surface area contributed by atoms with E-state index in [-0.39, 0.29) is 16.2 Å². The van der Waals surface area contributed by atoms with E-state index in [0.29, 0.717) is 16.8 Å². The van der Waals surface area contributed by atoms with Gasteiger partial charge in [0.15, 0.2) is 15.5 Å². The minimum atomic E-state index is -4.71. The lowest BCUT2D eigenvalue weighted by Crippen LogP contribution is -2.08. The van der Waals surface area contributed by atoms with E-state index in [1.54, 1.807) is 61.6 Å². The molecule has 0 aliphatic carbocycles. The van der Waals surface area contributed by atoms with Crippen LogP contribution in [-0.2, 0) is 16.0 Å². The molecule has 1 N–H and O–H groups in total. The van der Waals surface area contributed by atoms with Crippen molar-refractivity contribution in [3.05, 3.63) is 84.6 Å². The number of alkyl halides is 3. The summed E-state index contributed by atoms with van der Waals surface area (Å²) in [5, 5.41) is 6.92. The molecule has 0 amide bonds. The Morgan fingerprint density at radius 1 is 0.848 bits per heavy atom. The van der Waals surface area contributed by atoms with Crippen LogP contribution in [0.25, 0.3) is 28.1 Å². The highest BCUT2D eigenvalue weighted by molar-refractivity contribution is 7.90. The number of halogens is 3. The summed E-state index contributed by atoms with van der Waals surface area (Å²) in [6, 6.07) is 20.8. The van der Waals surface area contributed by atoms with Crippen LogP contribution in [0.1, 0.15) is 5.69 Å². The van der Waals surface area contributed by atoms with Gasteiger partial charge in [-0.15, -0.1) is 0 Å². The maximum atomic E-state index is 14.2. The molecule has 9 heteroatoms. The molecule has 33 heavy (non-hydrogen) atoms. The number of sulfone groups is 1. The zero-order chi connectivity index (χ0) is 23.8. The Kier molecular flexibility index (Phi) is 5.75. The van der Waals surface area contributed by atoms with Crippen LogP contribution in [0.15, 0.2) is 83.8 Å². The van der Waals surface area contributed by atoms with Crippen LogP contribution in [0.3, 0.4) is 0 Å². The molecule has 0 aliphatic heterocycles. The van der Waals surface area contributed by atoms with Crippen molar-refractivity contribution in [2.24, 2.45) is 0 Å². The second kappa shape index (κ2) is 8.40. The van der Waals surface area contributed by atoms with Gasteiger partial charge in [-0.2, -0.15) is 18.3 Å². The van der Waals surface area contributed by atoms with Gasteiger partial charge in [-0.25, -0.2) is 13.1 Å². The molecular formula is C24H20F3N3O2S. The van der Waals surface area contributed by atoms with Crippen molar-refractivity contribution in [2.45, 2.75) is 11.1 Å². The fourth-order valence-corrected chi connectivity index (χ4v) is 4.21. The van der Waals surface area contributed by atoms with Gasteiger partial charge in [0, 0.05) is 30.1 Å². The van der Waals surface area contributed by atoms with E-state index in [1.165, 1.54) is 28.9 Å². The monoisotopic (exact) mass is 471 g/mol. The molecule has 4 aromatic rings. The van der Waals surface area contributed by atoms with E-state index in [9.17, 15) is 21.6 Å². The summed E-state index contributed by atoms with van der Waals surface area (Å²) in [7, 11) is -1.74. The smallest absolute Gasteiger partial charge is 0.388 e. The van der Waals surface area contributed by atoms with Crippen molar-refractivity contribution >= 4 is 15.5 Å². The van der Waals surface area contributed by atoms with Crippen LogP contribution < -0.4 is 5.32 Å². The summed E-state index contributed by atoms with van der Waals surface area (Å²) in [6.45, 7) is 0. The van der Waals surface area contributed by atoms with Crippen LogP contribution in [0.4, 0.5) is 18.9 Å². The molecule has 0 aliphatic rings. The Morgan fingerprint density at radius 3 is 1.94 bits per heavy atom. The molecule has 0 fully saturated rings. The summed E-state index contributed by atoms with van der Waals surface area (Å²) in [4.78, 5) is 0.0768. The number of hydrogen-bond donors (Lipinski definition) is 1. The molecule has 3 aromatic carbocycles. The molecule has 4 rings (SSSR count). The number of hydrogen-bond acceptors (Lipinski definition) is 4. The van der Waals surface area contributed by atoms with Crippen LogP contribution in [-0.4, -0.2) is 31.5 Å². The second-order valence-electron chi connectivity index (χ2n) is 7.44. The lowest BCUT2D eigenvalue weighted by Gasteiger charge is -2.12. The number of rotatable bonds is 5. The molecule has 0 bridgehead atoms. The van der Waals surface area contributed by atoms with E-state index in [4.69, 9.17) is 0 Å². The summed E-state index contributed by atoms with van der Waals surface area (Å²) in [6.07, 6.45) is -3.63. The molecule has 0 saturated heterocycles. The van der Waals surface area contributed by atoms with Gasteiger partial charge in [-0.1, -0.05) is 42.5 Å². The minimum Gasteiger partial charge on any atom is -0.388 e. The maximum Gasteiger partial charge on any atom is 0.435 e. The normalized spacial score (nSPS) is 12.0. The van der Waals surface area contributed by atoms with Crippen molar-refractivity contribution in [3.8, 4) is 28.1 Å². The van der Waals surface area contributed by atoms with Gasteiger partial charge in [0.25, 0.3) is 0 Å². The lowest BCUT2D eigenvalue weighted by atomic mass is 9.98. The highest BCUT2D eigenvalue weighted by atomic mass is 32.2. The zero-order valence-electron chi connectivity index (χ0n) is 17.8. The van der Waals surface area contributed by atoms with E-state index in [2.05, 4.69) is 10.4 Å². The predicted octanol–water partition coefficient (Wildman–Crippen LogP) is 5.67. The molecule has 0 saturated carbocycles. The van der Waals surface area contributed by atoms with Gasteiger partial charge in [0.05, 0.1) is 16.3 Å². The van der Waals surface area contributed by atoms with Crippen LogP contribution in [0.5, 0.6) is 0 Å². The molecule has 0 unspecified atom stereocenters. The molecular weight excluding hydrogens is 451 g/mol. The van der Waals surface area contributed by atoms with Crippen molar-refractivity contribution in [3.63, 3.8) is 0 Å². The minimum absolute atomic E-state index is 0.0768. The number of benzene rings is 3. The zero-order valence-corrected chi connectivity index (χ0v) is 18.6. The number of aromatic nitrogens is 2. The SMILES string of the molecule is CNc1ccc(-c2c(C(F)(F)F)nn(-c3ccccc3)c2-c2ccc(S(C)(=O)=O)cc2)cc1. The van der Waals surface area contributed by atoms with Gasteiger partial charge in [0.2, 0.25) is 0 Å². The largest absolute Gasteiger partial charge is 0.435 e. The first kappa shape index (κ1) is 22.6. The van der Waals surface area contributed by atoms with E-state index < -0.39 is 21.7 Å². The van der Waals surface area contributed by atoms with Crippen molar-refractivity contribution in [1.82, 2.24) is 9.78 Å². The highest BCUT2D eigenvalue weighted by Gasteiger charge is 2.40. The van der Waals surface area contributed by atoms with Crippen molar-refractivity contribution in [2.75, 3.05) is 18.6 Å². The number of para-hydroxylation sites is 1. The Balaban J connectivity index is 2.05. The number of nitrogens with one attached hydrogen (secondary N) is 1. The molecule has 0 radical (unpaired) electrons. The van der Waals surface area contributed by atoms with Gasteiger partial charge >= 0.3 is 6.18 Å². The van der Waals surface area contributed by atoms with Crippen LogP contribution in [0.2, 0.25) is 0 Å². The first-order valence-electron chi connectivity index (χ1n) is 9.94. The maximum absolute atomic E-state index is 14.2. The standard InChI is InChI=1S/C24H20F3N3O2S/c1-28-18-12-8-16(9-13-18)21-22(17-10-14-20(15-11-17)33(2,31)32)30(19-6-4-3-5-7-19)29-23(21)24(25,26)27/h3-15,28H,1-2H3. The average Bonchev–Trinajstić information content (AvgIpc) is 3.20. The predicted molar refractivity (Wildman–Crippen MR) is 122 cm³/mol. The molecule has 0 spiro atoms. The summed E-state index contributed by atoms with van der Waals surface area (Å²) in [5.74, 6) is 0. The fraction of sp³-hybridized carbons (Fsp3) is 0.125. The molecule has 1 heterocycles. The van der Waals surface area contributed by atoms with Crippen LogP contribution in [0, 0.1) is 0 Å². The van der Waals surface area contributed by atoms with Gasteiger partial charge < -0.3 is 5.32 Å². The summed E-state index contributed by atoms with van der Waals surface area (Å²) >= 11 is 0. The molecule has 5 nitrogen and oxygen atoms in total. The van der Waals surface area contributed by atoms with Crippen LogP contribution >= 0.6 is 0 Å². The third-order valence-electron chi connectivity index (χ3n) is 5.17. The van der Waals surface area contributed by atoms with E-state index >= 15 is 0 Å². The molecule has 0 atom stereocenters. The lowest BCUT2D eigenvalue weighted by molar-refractivity contribution is -0.140. The van der Waals surface area contributed by atoms with E-state index in [0.717, 1.165) is 11.9 Å². The highest BCUT2D eigenvalue weighted by Crippen LogP contribution is 2.43. The third kappa shape index (κ3) is 4.49. The quantitative estimate of drug-likeness (QED) is 0.407. The number of nitrogens with zero attached hydrogens (tertiary/aromatic N) is 2. The third-order valence-corrected chi connectivity index (χ3v) is 6.30.